The maximum atomic E-state index is 12.4. The zero-order valence-corrected chi connectivity index (χ0v) is 14.8. The van der Waals surface area contributed by atoms with Gasteiger partial charge in [0.05, 0.1) is 12.9 Å². The molecule has 27 heavy (non-hydrogen) atoms. The molecule has 2 heterocycles. The number of ether oxygens (including phenoxy) is 2. The molecule has 0 spiro atoms. The first-order valence-electron chi connectivity index (χ1n) is 8.47. The van der Waals surface area contributed by atoms with E-state index in [1.807, 2.05) is 24.3 Å². The van der Waals surface area contributed by atoms with Crippen LogP contribution in [-0.4, -0.2) is 18.5 Å². The fourth-order valence-corrected chi connectivity index (χ4v) is 3.09. The van der Waals surface area contributed by atoms with Gasteiger partial charge in [-0.05, 0) is 32.0 Å². The van der Waals surface area contributed by atoms with Crippen molar-refractivity contribution in [1.82, 2.24) is 0 Å². The zero-order chi connectivity index (χ0) is 19.0. The fourth-order valence-electron chi connectivity index (χ4n) is 3.09. The van der Waals surface area contributed by atoms with Crippen LogP contribution in [0.5, 0.6) is 5.75 Å². The second-order valence-electron chi connectivity index (χ2n) is 5.92. The Labute approximate surface area is 154 Å². The molecule has 0 bridgehead atoms. The lowest BCUT2D eigenvalue weighted by Gasteiger charge is -2.08. The molecule has 2 aromatic heterocycles. The monoisotopic (exact) mass is 364 g/mol. The number of carbonyl (C=O) groups excluding carboxylic acids is 2. The molecule has 0 aliphatic carbocycles. The zero-order valence-electron chi connectivity index (χ0n) is 14.8. The van der Waals surface area contributed by atoms with Crippen molar-refractivity contribution in [3.8, 4) is 5.75 Å². The fraction of sp³-hybridized carbons (Fsp3) is 0.143. The minimum absolute atomic E-state index is 0.0909. The van der Waals surface area contributed by atoms with Crippen LogP contribution >= 0.6 is 0 Å². The largest absolute Gasteiger partial charge is 0.462 e. The predicted molar refractivity (Wildman–Crippen MR) is 98.1 cm³/mol. The van der Waals surface area contributed by atoms with Crippen molar-refractivity contribution in [2.75, 3.05) is 6.61 Å². The molecule has 0 amide bonds. The highest BCUT2D eigenvalue weighted by molar-refractivity contribution is 6.15. The van der Waals surface area contributed by atoms with Gasteiger partial charge in [0.1, 0.15) is 22.7 Å². The first kappa shape index (κ1) is 16.9. The van der Waals surface area contributed by atoms with Crippen LogP contribution in [0.15, 0.2) is 57.6 Å². The van der Waals surface area contributed by atoms with E-state index < -0.39 is 11.9 Å². The van der Waals surface area contributed by atoms with Gasteiger partial charge < -0.3 is 18.3 Å². The van der Waals surface area contributed by atoms with Crippen LogP contribution in [0.25, 0.3) is 21.7 Å². The minimum atomic E-state index is -0.623. The molecule has 4 rings (SSSR count). The number of esters is 2. The molecule has 0 aliphatic rings. The first-order chi connectivity index (χ1) is 13.1. The SMILES string of the molecule is CCOC(=O)c1c(C)oc2c1cc(OC(=O)c1ccco1)c1ccccc12. The molecule has 0 radical (unpaired) electrons. The van der Waals surface area contributed by atoms with Crippen LogP contribution in [-0.2, 0) is 4.74 Å². The molecular weight excluding hydrogens is 348 g/mol. The Morgan fingerprint density at radius 3 is 2.48 bits per heavy atom. The average molecular weight is 364 g/mol. The van der Waals surface area contributed by atoms with E-state index in [4.69, 9.17) is 18.3 Å². The van der Waals surface area contributed by atoms with E-state index in [0.29, 0.717) is 33.4 Å². The number of hydrogen-bond donors (Lipinski definition) is 0. The Morgan fingerprint density at radius 2 is 1.78 bits per heavy atom. The summed E-state index contributed by atoms with van der Waals surface area (Å²) in [6.07, 6.45) is 1.40. The van der Waals surface area contributed by atoms with Crippen molar-refractivity contribution < 1.29 is 27.9 Å². The molecule has 6 heteroatoms. The second-order valence-corrected chi connectivity index (χ2v) is 5.92. The van der Waals surface area contributed by atoms with E-state index in [9.17, 15) is 9.59 Å². The normalized spacial score (nSPS) is 11.0. The molecule has 2 aromatic carbocycles. The maximum absolute atomic E-state index is 12.4. The third-order valence-electron chi connectivity index (χ3n) is 4.24. The van der Waals surface area contributed by atoms with Crippen LogP contribution in [0.1, 0.15) is 33.6 Å². The minimum Gasteiger partial charge on any atom is -0.462 e. The van der Waals surface area contributed by atoms with Crippen molar-refractivity contribution in [2.45, 2.75) is 13.8 Å². The molecule has 0 saturated carbocycles. The summed E-state index contributed by atoms with van der Waals surface area (Å²) >= 11 is 0. The van der Waals surface area contributed by atoms with Crippen molar-refractivity contribution in [3.05, 3.63) is 65.8 Å². The molecule has 0 N–H and O–H groups in total. The average Bonchev–Trinajstić information content (AvgIpc) is 3.30. The maximum Gasteiger partial charge on any atom is 0.379 e. The summed E-state index contributed by atoms with van der Waals surface area (Å²) in [6, 6.07) is 12.1. The number of aryl methyl sites for hydroxylation is 1. The van der Waals surface area contributed by atoms with Gasteiger partial charge in [0.25, 0.3) is 0 Å². The van der Waals surface area contributed by atoms with Crippen LogP contribution in [0.4, 0.5) is 0 Å². The van der Waals surface area contributed by atoms with Crippen LogP contribution in [0.3, 0.4) is 0 Å². The van der Waals surface area contributed by atoms with E-state index >= 15 is 0 Å². The number of fused-ring (bicyclic) bond motifs is 3. The summed E-state index contributed by atoms with van der Waals surface area (Å²) in [5, 5.41) is 1.96. The number of benzene rings is 2. The standard InChI is InChI=1S/C21H16O6/c1-3-24-21(23)18-12(2)26-19-14-8-5-4-7-13(14)17(11-15(18)19)27-20(22)16-9-6-10-25-16/h4-11H,3H2,1-2H3. The highest BCUT2D eigenvalue weighted by Gasteiger charge is 2.23. The van der Waals surface area contributed by atoms with E-state index in [-0.39, 0.29) is 12.4 Å². The topological polar surface area (TPSA) is 78.9 Å². The van der Waals surface area contributed by atoms with Gasteiger partial charge in [-0.3, -0.25) is 0 Å². The third kappa shape index (κ3) is 2.85. The number of hydrogen-bond acceptors (Lipinski definition) is 6. The van der Waals surface area contributed by atoms with Crippen molar-refractivity contribution in [3.63, 3.8) is 0 Å². The van der Waals surface area contributed by atoms with E-state index in [1.165, 1.54) is 12.3 Å². The Morgan fingerprint density at radius 1 is 1.00 bits per heavy atom. The van der Waals surface area contributed by atoms with Gasteiger partial charge in [0.2, 0.25) is 5.76 Å². The van der Waals surface area contributed by atoms with Crippen LogP contribution in [0, 0.1) is 6.92 Å². The van der Waals surface area contributed by atoms with Crippen LogP contribution in [0.2, 0.25) is 0 Å². The summed E-state index contributed by atoms with van der Waals surface area (Å²) in [7, 11) is 0. The highest BCUT2D eigenvalue weighted by atomic mass is 16.5. The summed E-state index contributed by atoms with van der Waals surface area (Å²) in [6.45, 7) is 3.69. The molecule has 0 atom stereocenters. The Bertz CT molecular complexity index is 1150. The van der Waals surface area contributed by atoms with E-state index in [1.54, 1.807) is 26.0 Å². The lowest BCUT2D eigenvalue weighted by Crippen LogP contribution is -2.08. The molecule has 0 saturated heterocycles. The quantitative estimate of drug-likeness (QED) is 0.379. The number of rotatable bonds is 4. The molecule has 6 nitrogen and oxygen atoms in total. The lowest BCUT2D eigenvalue weighted by atomic mass is 10.0. The van der Waals surface area contributed by atoms with Gasteiger partial charge >= 0.3 is 11.9 Å². The van der Waals surface area contributed by atoms with Crippen molar-refractivity contribution in [2.24, 2.45) is 0 Å². The predicted octanol–water partition coefficient (Wildman–Crippen LogP) is 4.88. The van der Waals surface area contributed by atoms with E-state index in [0.717, 1.165) is 5.39 Å². The molecule has 0 fully saturated rings. The Kier molecular flexibility index (Phi) is 4.16. The summed E-state index contributed by atoms with van der Waals surface area (Å²) in [5.74, 6) is -0.253. The Hall–Kier alpha value is -3.54. The van der Waals surface area contributed by atoms with Gasteiger partial charge in [-0.2, -0.15) is 0 Å². The summed E-state index contributed by atoms with van der Waals surface area (Å²) in [4.78, 5) is 24.7. The van der Waals surface area contributed by atoms with E-state index in [2.05, 4.69) is 0 Å². The van der Waals surface area contributed by atoms with Gasteiger partial charge in [-0.25, -0.2) is 9.59 Å². The van der Waals surface area contributed by atoms with Crippen molar-refractivity contribution >= 4 is 33.7 Å². The highest BCUT2D eigenvalue weighted by Crippen LogP contribution is 2.38. The molecule has 136 valence electrons. The van der Waals surface area contributed by atoms with Gasteiger partial charge in [-0.1, -0.05) is 24.3 Å². The smallest absolute Gasteiger partial charge is 0.379 e. The first-order valence-corrected chi connectivity index (χ1v) is 8.47. The summed E-state index contributed by atoms with van der Waals surface area (Å²) in [5.41, 5.74) is 0.872. The number of carbonyl (C=O) groups is 2. The van der Waals surface area contributed by atoms with Gasteiger partial charge in [-0.15, -0.1) is 0 Å². The summed E-state index contributed by atoms with van der Waals surface area (Å²) < 4.78 is 21.7. The molecular formula is C21H16O6. The Balaban J connectivity index is 1.93. The molecule has 0 aliphatic heterocycles. The van der Waals surface area contributed by atoms with Gasteiger partial charge in [0, 0.05) is 16.2 Å². The molecule has 4 aromatic rings. The lowest BCUT2D eigenvalue weighted by molar-refractivity contribution is 0.0526. The van der Waals surface area contributed by atoms with Crippen LogP contribution < -0.4 is 4.74 Å². The van der Waals surface area contributed by atoms with Gasteiger partial charge in [0.15, 0.2) is 0 Å². The number of furan rings is 2. The third-order valence-corrected chi connectivity index (χ3v) is 4.24. The van der Waals surface area contributed by atoms with Crippen molar-refractivity contribution in [1.29, 1.82) is 0 Å². The molecule has 0 unspecified atom stereocenters. The second kappa shape index (κ2) is 6.64.